The molecule has 204 valence electrons. The van der Waals surface area contributed by atoms with Crippen molar-refractivity contribution in [1.82, 2.24) is 24.6 Å². The molecular weight excluding hydrogens is 551 g/mol. The largest absolute Gasteiger partial charge is 0.474 e. The lowest BCUT2D eigenvalue weighted by atomic mass is 10.1. The molecule has 1 aromatic carbocycles. The second-order valence-electron chi connectivity index (χ2n) is 9.33. The van der Waals surface area contributed by atoms with Gasteiger partial charge < -0.3 is 26.0 Å². The molecule has 0 radical (unpaired) electrons. The van der Waals surface area contributed by atoms with Gasteiger partial charge in [-0.3, -0.25) is 9.48 Å². The zero-order valence-corrected chi connectivity index (χ0v) is 23.1. The lowest BCUT2D eigenvalue weighted by molar-refractivity contribution is 0.102. The summed E-state index contributed by atoms with van der Waals surface area (Å²) in [7, 11) is 0. The summed E-state index contributed by atoms with van der Waals surface area (Å²) in [6, 6.07) is 5.36. The van der Waals surface area contributed by atoms with Gasteiger partial charge in [-0.05, 0) is 57.3 Å². The van der Waals surface area contributed by atoms with E-state index in [0.717, 1.165) is 64.0 Å². The zero-order chi connectivity index (χ0) is 25.8. The fraction of sp³-hybridized carbons (Fsp3) is 0.440. The minimum Gasteiger partial charge on any atom is -0.474 e. The number of nitrogens with one attached hydrogen (secondary N) is 2. The smallest absolute Gasteiger partial charge is 0.262 e. The van der Waals surface area contributed by atoms with Crippen LogP contribution in [0.5, 0.6) is 5.88 Å². The summed E-state index contributed by atoms with van der Waals surface area (Å²) >= 11 is 12.4. The third kappa shape index (κ3) is 7.06. The summed E-state index contributed by atoms with van der Waals surface area (Å²) in [5.74, 6) is 0.0693. The summed E-state index contributed by atoms with van der Waals surface area (Å²) < 4.78 is 7.94. The highest BCUT2D eigenvalue weighted by Gasteiger charge is 2.28. The van der Waals surface area contributed by atoms with Gasteiger partial charge in [0, 0.05) is 25.5 Å². The number of carbonyl (C=O) groups excluding carboxylic acids is 1. The van der Waals surface area contributed by atoms with Crippen LogP contribution in [0.1, 0.15) is 48.5 Å². The molecule has 5 rings (SSSR count). The quantitative estimate of drug-likeness (QED) is 0.308. The molecule has 1 amide bonds. The average molecular weight is 582 g/mol. The Morgan fingerprint density at radius 1 is 1.13 bits per heavy atom. The van der Waals surface area contributed by atoms with E-state index in [0.29, 0.717) is 27.7 Å². The first kappa shape index (κ1) is 28.4. The van der Waals surface area contributed by atoms with Crippen molar-refractivity contribution < 1.29 is 9.53 Å². The van der Waals surface area contributed by atoms with E-state index in [2.05, 4.69) is 30.6 Å². The Morgan fingerprint density at radius 2 is 1.87 bits per heavy atom. The number of carbonyl (C=O) groups is 1. The molecule has 38 heavy (non-hydrogen) atoms. The molecule has 1 aliphatic carbocycles. The highest BCUT2D eigenvalue weighted by atomic mass is 35.5. The molecule has 0 atom stereocenters. The van der Waals surface area contributed by atoms with Crippen LogP contribution in [-0.4, -0.2) is 62.8 Å². The number of hydrogen-bond donors (Lipinski definition) is 3. The van der Waals surface area contributed by atoms with Crippen molar-refractivity contribution in [1.29, 1.82) is 0 Å². The topological polar surface area (TPSA) is 123 Å². The van der Waals surface area contributed by atoms with Crippen molar-refractivity contribution in [2.24, 2.45) is 5.73 Å². The first-order valence-electron chi connectivity index (χ1n) is 12.5. The molecule has 10 nitrogen and oxygen atoms in total. The Balaban J connectivity index is 0.00000336. The second kappa shape index (κ2) is 12.9. The van der Waals surface area contributed by atoms with Gasteiger partial charge in [0.2, 0.25) is 11.8 Å². The number of halogens is 3. The molecular formula is C25H31Cl3N8O2. The van der Waals surface area contributed by atoms with E-state index in [1.54, 1.807) is 24.4 Å². The van der Waals surface area contributed by atoms with Crippen LogP contribution in [-0.2, 0) is 0 Å². The summed E-state index contributed by atoms with van der Waals surface area (Å²) in [5.41, 5.74) is 6.93. The van der Waals surface area contributed by atoms with Crippen molar-refractivity contribution in [3.63, 3.8) is 0 Å². The Bertz CT molecular complexity index is 1220. The number of hydrogen-bond acceptors (Lipinski definition) is 8. The maximum Gasteiger partial charge on any atom is 0.262 e. The Morgan fingerprint density at radius 3 is 2.55 bits per heavy atom. The molecule has 1 aliphatic heterocycles. The summed E-state index contributed by atoms with van der Waals surface area (Å²) in [6.07, 6.45) is 10.1. The molecule has 2 aliphatic rings. The van der Waals surface area contributed by atoms with Crippen LogP contribution in [0.15, 0.2) is 36.8 Å². The van der Waals surface area contributed by atoms with Crippen molar-refractivity contribution in [2.75, 3.05) is 36.8 Å². The van der Waals surface area contributed by atoms with Crippen LogP contribution in [0.3, 0.4) is 0 Å². The van der Waals surface area contributed by atoms with Crippen LogP contribution >= 0.6 is 35.6 Å². The fourth-order valence-electron chi connectivity index (χ4n) is 4.27. The zero-order valence-electron chi connectivity index (χ0n) is 20.8. The number of nitrogens with two attached hydrogens (primary N) is 1. The van der Waals surface area contributed by atoms with E-state index in [9.17, 15) is 4.79 Å². The van der Waals surface area contributed by atoms with Gasteiger partial charge in [-0.25, -0.2) is 4.98 Å². The minimum absolute atomic E-state index is 0. The number of para-hydroxylation sites is 1. The van der Waals surface area contributed by atoms with Gasteiger partial charge in [0.25, 0.3) is 5.91 Å². The summed E-state index contributed by atoms with van der Waals surface area (Å²) in [4.78, 5) is 24.3. The van der Waals surface area contributed by atoms with Crippen LogP contribution in [0.4, 0.5) is 17.3 Å². The van der Waals surface area contributed by atoms with Crippen molar-refractivity contribution in [3.8, 4) is 5.88 Å². The molecule has 1 saturated heterocycles. The fourth-order valence-corrected chi connectivity index (χ4v) is 4.76. The van der Waals surface area contributed by atoms with Gasteiger partial charge in [-0.1, -0.05) is 29.3 Å². The third-order valence-electron chi connectivity index (χ3n) is 6.47. The average Bonchev–Trinajstić information content (AvgIpc) is 3.59. The van der Waals surface area contributed by atoms with Crippen molar-refractivity contribution >= 4 is 58.8 Å². The van der Waals surface area contributed by atoms with Crippen molar-refractivity contribution in [2.45, 2.75) is 44.2 Å². The molecule has 3 aromatic rings. The number of amides is 1. The van der Waals surface area contributed by atoms with Crippen LogP contribution in [0.25, 0.3) is 0 Å². The van der Waals surface area contributed by atoms with E-state index in [1.807, 2.05) is 10.9 Å². The highest BCUT2D eigenvalue weighted by molar-refractivity contribution is 6.40. The molecule has 0 unspecified atom stereocenters. The molecule has 0 bridgehead atoms. The van der Waals surface area contributed by atoms with E-state index >= 15 is 0 Å². The maximum atomic E-state index is 13.0. The predicted molar refractivity (Wildman–Crippen MR) is 151 cm³/mol. The van der Waals surface area contributed by atoms with E-state index < -0.39 is 5.91 Å². The molecule has 2 aromatic heterocycles. The number of ether oxygens (including phenoxy) is 1. The van der Waals surface area contributed by atoms with Crippen LogP contribution < -0.4 is 21.1 Å². The van der Waals surface area contributed by atoms with Gasteiger partial charge in [-0.2, -0.15) is 10.1 Å². The van der Waals surface area contributed by atoms with Gasteiger partial charge >= 0.3 is 0 Å². The standard InChI is InChI=1S/C25H30Cl2N8O2.ClH/c26-20-3-1-4-21(27)22(20)32-23(36)19-14-29-25(33-24(19)37-18-5-6-18)31-16-13-30-35(15-16)17-7-11-34(12-8-17)10-2-9-28;/h1,3-4,13-15,17-18H,2,5-12,28H2,(H,32,36)(H,29,31,33);1H. The van der Waals surface area contributed by atoms with Gasteiger partial charge in [0.15, 0.2) is 0 Å². The van der Waals surface area contributed by atoms with E-state index in [1.165, 1.54) is 6.20 Å². The van der Waals surface area contributed by atoms with Crippen LogP contribution in [0, 0.1) is 0 Å². The monoisotopic (exact) mass is 580 g/mol. The summed E-state index contributed by atoms with van der Waals surface area (Å²) in [6.45, 7) is 3.87. The molecule has 1 saturated carbocycles. The molecule has 13 heteroatoms. The number of aromatic nitrogens is 4. The van der Waals surface area contributed by atoms with Gasteiger partial charge in [0.1, 0.15) is 11.7 Å². The predicted octanol–water partition coefficient (Wildman–Crippen LogP) is 4.92. The van der Waals surface area contributed by atoms with E-state index in [-0.39, 0.29) is 30.0 Å². The number of piperidine rings is 1. The molecule has 0 spiro atoms. The Labute approximate surface area is 237 Å². The number of anilines is 3. The minimum atomic E-state index is -0.456. The van der Waals surface area contributed by atoms with Gasteiger partial charge in [0.05, 0.1) is 33.7 Å². The molecule has 2 fully saturated rings. The normalized spacial score (nSPS) is 16.1. The second-order valence-corrected chi connectivity index (χ2v) is 10.1. The SMILES string of the molecule is Cl.NCCCN1CCC(n2cc(Nc3ncc(C(=O)Nc4c(Cl)cccc4Cl)c(OC4CC4)n3)cn2)CC1. The number of likely N-dealkylation sites (tertiary alicyclic amines) is 1. The Hall–Kier alpha value is -2.63. The first-order chi connectivity index (χ1) is 18.0. The number of nitrogens with zero attached hydrogens (tertiary/aromatic N) is 5. The Kier molecular flexibility index (Phi) is 9.67. The lowest BCUT2D eigenvalue weighted by Crippen LogP contribution is -2.36. The third-order valence-corrected chi connectivity index (χ3v) is 7.10. The van der Waals surface area contributed by atoms with Gasteiger partial charge in [-0.15, -0.1) is 12.4 Å². The molecule has 4 N–H and O–H groups in total. The maximum absolute atomic E-state index is 13.0. The van der Waals surface area contributed by atoms with Crippen LogP contribution in [0.2, 0.25) is 10.0 Å². The molecule has 3 heterocycles. The highest BCUT2D eigenvalue weighted by Crippen LogP contribution is 2.33. The number of rotatable bonds is 10. The summed E-state index contributed by atoms with van der Waals surface area (Å²) in [5, 5.41) is 11.2. The lowest BCUT2D eigenvalue weighted by Gasteiger charge is -2.31. The number of benzene rings is 1. The van der Waals surface area contributed by atoms with Crippen molar-refractivity contribution in [3.05, 3.63) is 52.4 Å². The first-order valence-corrected chi connectivity index (χ1v) is 13.3. The van der Waals surface area contributed by atoms with E-state index in [4.69, 9.17) is 33.7 Å².